The largest absolute Gasteiger partial charge is 0.372 e. The molecule has 1 heterocycles. The maximum absolute atomic E-state index is 12.5. The monoisotopic (exact) mass is 396 g/mol. The first-order valence-electron chi connectivity index (χ1n) is 8.19. The van der Waals surface area contributed by atoms with Gasteiger partial charge >= 0.3 is 0 Å². The fourth-order valence-electron chi connectivity index (χ4n) is 3.16. The predicted molar refractivity (Wildman–Crippen MR) is 101 cm³/mol. The Hall–Kier alpha value is -1.67. The van der Waals surface area contributed by atoms with Crippen molar-refractivity contribution in [2.75, 3.05) is 5.32 Å². The second kappa shape index (κ2) is 6.20. The number of fused-ring (bicyclic) bond motifs is 1. The number of carbonyl (C=O) groups is 1. The van der Waals surface area contributed by atoms with Crippen molar-refractivity contribution >= 4 is 33.2 Å². The Morgan fingerprint density at radius 2 is 2.04 bits per heavy atom. The van der Waals surface area contributed by atoms with Crippen LogP contribution in [-0.2, 0) is 20.4 Å². The first-order chi connectivity index (χ1) is 11.9. The molecule has 3 rings (SSSR count). The van der Waals surface area contributed by atoms with E-state index >= 15 is 0 Å². The minimum absolute atomic E-state index is 0.162. The first-order valence-corrected chi connectivity index (χ1v) is 10.1. The Kier molecular flexibility index (Phi) is 4.55. The summed E-state index contributed by atoms with van der Waals surface area (Å²) in [5.41, 5.74) is -1.25. The summed E-state index contributed by atoms with van der Waals surface area (Å²) >= 11 is 5.94. The van der Waals surface area contributed by atoms with E-state index in [-0.39, 0.29) is 6.42 Å². The second-order valence-electron chi connectivity index (χ2n) is 7.54. The Labute approximate surface area is 158 Å². The number of nitrogens with one attached hydrogen (secondary N) is 2. The number of benzene rings is 1. The van der Waals surface area contributed by atoms with E-state index in [9.17, 15) is 18.3 Å². The summed E-state index contributed by atoms with van der Waals surface area (Å²) in [6, 6.07) is 4.76. The lowest BCUT2D eigenvalue weighted by molar-refractivity contribution is -0.129. The van der Waals surface area contributed by atoms with E-state index in [1.807, 2.05) is 0 Å². The Morgan fingerprint density at radius 3 is 2.62 bits per heavy atom. The molecule has 2 atom stereocenters. The van der Waals surface area contributed by atoms with Gasteiger partial charge in [-0.3, -0.25) is 4.79 Å². The summed E-state index contributed by atoms with van der Waals surface area (Å²) in [5, 5.41) is 13.4. The van der Waals surface area contributed by atoms with Crippen LogP contribution in [0.1, 0.15) is 32.8 Å². The van der Waals surface area contributed by atoms with Crippen LogP contribution in [0.15, 0.2) is 42.0 Å². The highest BCUT2D eigenvalue weighted by Gasteiger charge is 2.48. The number of rotatable bonds is 3. The predicted octanol–water partition coefficient (Wildman–Crippen LogP) is 2.45. The standard InChI is InChI=1S/C18H21ClN2O4S/c1-17(2,3)21-26(24,25)13-7-4-11(5-8-13)18(23)14-9-6-12(19)10-15(14)20-16(18)22/h4-7,9-10,13,21,23H,8H2,1-3H3,(H,20,22). The molecule has 1 aliphatic carbocycles. The van der Waals surface area contributed by atoms with Crippen LogP contribution in [0.5, 0.6) is 0 Å². The number of carbonyl (C=O) groups excluding carboxylic acids is 1. The third-order valence-corrected chi connectivity index (χ3v) is 6.55. The van der Waals surface area contributed by atoms with E-state index in [1.54, 1.807) is 45.0 Å². The molecule has 140 valence electrons. The highest BCUT2D eigenvalue weighted by molar-refractivity contribution is 7.90. The second-order valence-corrected chi connectivity index (χ2v) is 9.88. The third kappa shape index (κ3) is 3.32. The molecule has 6 nitrogen and oxygen atoms in total. The molecule has 0 saturated carbocycles. The van der Waals surface area contributed by atoms with Gasteiger partial charge in [0.15, 0.2) is 5.60 Å². The van der Waals surface area contributed by atoms with E-state index in [0.29, 0.717) is 21.8 Å². The molecule has 3 N–H and O–H groups in total. The van der Waals surface area contributed by atoms with Crippen LogP contribution in [0.3, 0.4) is 0 Å². The number of halogens is 1. The Balaban J connectivity index is 1.89. The van der Waals surface area contributed by atoms with Crippen LogP contribution in [0, 0.1) is 0 Å². The minimum Gasteiger partial charge on any atom is -0.372 e. The van der Waals surface area contributed by atoms with Crippen LogP contribution in [-0.4, -0.2) is 30.2 Å². The van der Waals surface area contributed by atoms with E-state index in [0.717, 1.165) is 0 Å². The van der Waals surface area contributed by atoms with Crippen molar-refractivity contribution in [3.8, 4) is 0 Å². The van der Waals surface area contributed by atoms with Crippen molar-refractivity contribution in [3.63, 3.8) is 0 Å². The van der Waals surface area contributed by atoms with Gasteiger partial charge in [-0.25, -0.2) is 13.1 Å². The van der Waals surface area contributed by atoms with Crippen LogP contribution in [0.4, 0.5) is 5.69 Å². The van der Waals surface area contributed by atoms with Gasteiger partial charge in [0.05, 0.1) is 5.25 Å². The highest BCUT2D eigenvalue weighted by atomic mass is 35.5. The topological polar surface area (TPSA) is 95.5 Å². The van der Waals surface area contributed by atoms with E-state index in [2.05, 4.69) is 10.0 Å². The summed E-state index contributed by atoms with van der Waals surface area (Å²) in [5.74, 6) is -0.584. The summed E-state index contributed by atoms with van der Waals surface area (Å²) < 4.78 is 27.5. The molecule has 2 unspecified atom stereocenters. The maximum Gasteiger partial charge on any atom is 0.265 e. The van der Waals surface area contributed by atoms with Crippen LogP contribution in [0.25, 0.3) is 0 Å². The van der Waals surface area contributed by atoms with Crippen LogP contribution < -0.4 is 10.0 Å². The molecule has 0 saturated heterocycles. The van der Waals surface area contributed by atoms with Crippen LogP contribution >= 0.6 is 11.6 Å². The van der Waals surface area contributed by atoms with E-state index < -0.39 is 32.3 Å². The number of aliphatic hydroxyl groups is 1. The van der Waals surface area contributed by atoms with E-state index in [4.69, 9.17) is 11.6 Å². The van der Waals surface area contributed by atoms with Gasteiger partial charge in [0, 0.05) is 21.8 Å². The zero-order valence-corrected chi connectivity index (χ0v) is 16.3. The van der Waals surface area contributed by atoms with E-state index in [1.165, 1.54) is 12.2 Å². The maximum atomic E-state index is 12.5. The molecule has 2 aliphatic rings. The first kappa shape index (κ1) is 19.1. The molecular formula is C18H21ClN2O4S. The molecule has 0 radical (unpaired) electrons. The fraction of sp³-hybridized carbons (Fsp3) is 0.389. The molecule has 0 fully saturated rings. The summed E-state index contributed by atoms with van der Waals surface area (Å²) in [6.45, 7) is 5.31. The van der Waals surface area contributed by atoms with Crippen molar-refractivity contribution in [2.24, 2.45) is 0 Å². The summed E-state index contributed by atoms with van der Waals surface area (Å²) in [6.07, 6.45) is 4.76. The van der Waals surface area contributed by atoms with Gasteiger partial charge in [-0.05, 0) is 44.9 Å². The summed E-state index contributed by atoms with van der Waals surface area (Å²) in [4.78, 5) is 12.4. The molecule has 0 bridgehead atoms. The fourth-order valence-corrected chi connectivity index (χ4v) is 4.97. The highest BCUT2D eigenvalue weighted by Crippen LogP contribution is 2.43. The lowest BCUT2D eigenvalue weighted by Crippen LogP contribution is -2.45. The molecule has 0 aromatic heterocycles. The molecule has 1 aromatic carbocycles. The minimum atomic E-state index is -3.57. The average Bonchev–Trinajstić information content (AvgIpc) is 2.76. The molecule has 26 heavy (non-hydrogen) atoms. The van der Waals surface area contributed by atoms with Crippen molar-refractivity contribution in [3.05, 3.63) is 52.6 Å². The zero-order valence-electron chi connectivity index (χ0n) is 14.7. The molecule has 8 heteroatoms. The molecule has 1 aliphatic heterocycles. The molecular weight excluding hydrogens is 376 g/mol. The number of anilines is 1. The normalized spacial score (nSPS) is 25.7. The van der Waals surface area contributed by atoms with Gasteiger partial charge < -0.3 is 10.4 Å². The number of sulfonamides is 1. The van der Waals surface area contributed by atoms with Crippen molar-refractivity contribution in [1.82, 2.24) is 4.72 Å². The molecule has 1 aromatic rings. The van der Waals surface area contributed by atoms with Gasteiger partial charge in [0.2, 0.25) is 10.0 Å². The van der Waals surface area contributed by atoms with Crippen molar-refractivity contribution in [1.29, 1.82) is 0 Å². The number of hydrogen-bond donors (Lipinski definition) is 3. The number of allylic oxidation sites excluding steroid dienone is 1. The van der Waals surface area contributed by atoms with Gasteiger partial charge in [-0.2, -0.15) is 0 Å². The smallest absolute Gasteiger partial charge is 0.265 e. The number of amides is 1. The van der Waals surface area contributed by atoms with Gasteiger partial charge in [0.1, 0.15) is 0 Å². The average molecular weight is 397 g/mol. The lowest BCUT2D eigenvalue weighted by Gasteiger charge is -2.28. The molecule has 0 spiro atoms. The van der Waals surface area contributed by atoms with Crippen molar-refractivity contribution in [2.45, 2.75) is 43.6 Å². The Bertz CT molecular complexity index is 931. The zero-order chi connectivity index (χ0) is 19.3. The van der Waals surface area contributed by atoms with Crippen LogP contribution in [0.2, 0.25) is 5.02 Å². The quantitative estimate of drug-likeness (QED) is 0.731. The van der Waals surface area contributed by atoms with Gasteiger partial charge in [0.25, 0.3) is 5.91 Å². The molecule has 1 amide bonds. The SMILES string of the molecule is CC(C)(C)NS(=O)(=O)C1C=CC(C2(O)C(=O)Nc3cc(Cl)ccc32)=CC1. The Morgan fingerprint density at radius 1 is 1.35 bits per heavy atom. The van der Waals surface area contributed by atoms with Crippen molar-refractivity contribution < 1.29 is 18.3 Å². The van der Waals surface area contributed by atoms with Gasteiger partial charge in [-0.1, -0.05) is 35.9 Å². The lowest BCUT2D eigenvalue weighted by atomic mass is 9.84. The summed E-state index contributed by atoms with van der Waals surface area (Å²) in [7, 11) is -3.57. The third-order valence-electron chi connectivity index (χ3n) is 4.27. The van der Waals surface area contributed by atoms with Gasteiger partial charge in [-0.15, -0.1) is 0 Å². The number of hydrogen-bond acceptors (Lipinski definition) is 4.